The van der Waals surface area contributed by atoms with Gasteiger partial charge < -0.3 is 9.80 Å². The van der Waals surface area contributed by atoms with Crippen molar-refractivity contribution in [2.45, 2.75) is 69.9 Å². The average molecular weight is 403 g/mol. The molecule has 3 rings (SSSR count). The number of hydrogen-bond acceptors (Lipinski definition) is 3. The topological polar surface area (TPSA) is 40.6 Å². The number of benzene rings is 1. The molecule has 0 unspecified atom stereocenters. The molecule has 0 aromatic heterocycles. The summed E-state index contributed by atoms with van der Waals surface area (Å²) in [6.07, 6.45) is 8.08. The third-order valence-corrected chi connectivity index (χ3v) is 6.94. The molecule has 1 saturated heterocycles. The van der Waals surface area contributed by atoms with Crippen LogP contribution in [0.25, 0.3) is 0 Å². The Balaban J connectivity index is 1.77. The van der Waals surface area contributed by atoms with Crippen LogP contribution in [0.15, 0.2) is 29.2 Å². The van der Waals surface area contributed by atoms with Crippen molar-refractivity contribution >= 4 is 23.6 Å². The van der Waals surface area contributed by atoms with Crippen LogP contribution >= 0.6 is 11.8 Å². The quantitative estimate of drug-likeness (QED) is 0.654. The highest BCUT2D eigenvalue weighted by Gasteiger charge is 2.40. The van der Waals surface area contributed by atoms with E-state index < -0.39 is 0 Å². The Kier molecular flexibility index (Phi) is 7.44. The van der Waals surface area contributed by atoms with Crippen molar-refractivity contribution in [2.24, 2.45) is 11.8 Å². The third-order valence-electron chi connectivity index (χ3n) is 6.21. The van der Waals surface area contributed by atoms with Crippen LogP contribution < -0.4 is 0 Å². The van der Waals surface area contributed by atoms with Crippen molar-refractivity contribution in [2.75, 3.05) is 19.3 Å². The number of amides is 2. The lowest BCUT2D eigenvalue weighted by atomic mass is 9.77. The van der Waals surface area contributed by atoms with Crippen LogP contribution in [-0.2, 0) is 16.1 Å². The first-order valence-electron chi connectivity index (χ1n) is 10.7. The van der Waals surface area contributed by atoms with Gasteiger partial charge in [-0.25, -0.2) is 0 Å². The predicted molar refractivity (Wildman–Crippen MR) is 115 cm³/mol. The molecular weight excluding hydrogens is 368 g/mol. The molecule has 1 aliphatic carbocycles. The number of thioether (sulfide) groups is 1. The Morgan fingerprint density at radius 2 is 1.79 bits per heavy atom. The second kappa shape index (κ2) is 9.82. The Morgan fingerprint density at radius 3 is 2.43 bits per heavy atom. The van der Waals surface area contributed by atoms with Crippen LogP contribution in [0.4, 0.5) is 0 Å². The predicted octanol–water partition coefficient (Wildman–Crippen LogP) is 4.57. The minimum atomic E-state index is -0.159. The normalized spacial score (nSPS) is 22.5. The van der Waals surface area contributed by atoms with E-state index in [0.717, 1.165) is 57.2 Å². The van der Waals surface area contributed by atoms with E-state index >= 15 is 0 Å². The van der Waals surface area contributed by atoms with Gasteiger partial charge in [0.1, 0.15) is 0 Å². The summed E-state index contributed by atoms with van der Waals surface area (Å²) in [6.45, 7) is 6.51. The summed E-state index contributed by atoms with van der Waals surface area (Å²) in [7, 11) is 0. The highest BCUT2D eigenvalue weighted by Crippen LogP contribution is 2.34. The van der Waals surface area contributed by atoms with Gasteiger partial charge in [-0.1, -0.05) is 25.0 Å². The van der Waals surface area contributed by atoms with Crippen molar-refractivity contribution in [3.05, 3.63) is 29.8 Å². The molecule has 2 atom stereocenters. The van der Waals surface area contributed by atoms with E-state index in [2.05, 4.69) is 44.4 Å². The number of nitrogens with zero attached hydrogens (tertiary/aromatic N) is 2. The lowest BCUT2D eigenvalue weighted by Crippen LogP contribution is -2.47. The summed E-state index contributed by atoms with van der Waals surface area (Å²) in [4.78, 5) is 31.9. The summed E-state index contributed by atoms with van der Waals surface area (Å²) in [5.41, 5.74) is 1.16. The van der Waals surface area contributed by atoms with E-state index in [0.29, 0.717) is 6.54 Å². The second-order valence-corrected chi connectivity index (χ2v) is 9.32. The van der Waals surface area contributed by atoms with Crippen LogP contribution in [0.2, 0.25) is 0 Å². The smallest absolute Gasteiger partial charge is 0.227 e. The number of carbonyl (C=O) groups is 2. The van der Waals surface area contributed by atoms with Gasteiger partial charge in [0.2, 0.25) is 11.8 Å². The molecule has 1 aliphatic heterocycles. The monoisotopic (exact) mass is 402 g/mol. The molecule has 0 bridgehead atoms. The second-order valence-electron chi connectivity index (χ2n) is 8.44. The maximum Gasteiger partial charge on any atom is 0.227 e. The highest BCUT2D eigenvalue weighted by atomic mass is 32.2. The van der Waals surface area contributed by atoms with Gasteiger partial charge in [-0.2, -0.15) is 0 Å². The SMILES string of the molecule is CSc1cccc(CN(C(=O)[C@H]2CCCC[C@H]2C(=O)N2CCCC2)C(C)C)c1. The van der Waals surface area contributed by atoms with Gasteiger partial charge in [-0.3, -0.25) is 9.59 Å². The fraction of sp³-hybridized carbons (Fsp3) is 0.652. The lowest BCUT2D eigenvalue weighted by Gasteiger charge is -2.37. The van der Waals surface area contributed by atoms with Crippen LogP contribution in [0, 0.1) is 11.8 Å². The van der Waals surface area contributed by atoms with Crippen LogP contribution in [0.3, 0.4) is 0 Å². The zero-order valence-electron chi connectivity index (χ0n) is 17.5. The van der Waals surface area contributed by atoms with E-state index in [9.17, 15) is 9.59 Å². The maximum absolute atomic E-state index is 13.6. The summed E-state index contributed by atoms with van der Waals surface area (Å²) in [6, 6.07) is 8.54. The lowest BCUT2D eigenvalue weighted by molar-refractivity contribution is -0.149. The van der Waals surface area contributed by atoms with Gasteiger partial charge in [0.05, 0.1) is 0 Å². The first kappa shape index (κ1) is 21.2. The molecule has 2 aliphatic rings. The minimum Gasteiger partial charge on any atom is -0.342 e. The molecule has 2 fully saturated rings. The largest absolute Gasteiger partial charge is 0.342 e. The minimum absolute atomic E-state index is 0.120. The number of rotatable bonds is 6. The molecular formula is C23H34N2O2S. The van der Waals surface area contributed by atoms with Gasteiger partial charge >= 0.3 is 0 Å². The summed E-state index contributed by atoms with van der Waals surface area (Å²) in [5.74, 6) is 0.108. The molecule has 5 heteroatoms. The number of likely N-dealkylation sites (tertiary alicyclic amines) is 1. The molecule has 1 saturated carbocycles. The van der Waals surface area contributed by atoms with Crippen LogP contribution in [0.1, 0.15) is 57.9 Å². The standard InChI is InChI=1S/C23H34N2O2S/c1-17(2)25(16-18-9-8-10-19(15-18)28-3)23(27)21-12-5-4-11-20(21)22(26)24-13-6-7-14-24/h8-10,15,17,20-21H,4-7,11-14,16H2,1-3H3/t20-,21+/m1/s1. The van der Waals surface area contributed by atoms with Crippen LogP contribution in [-0.4, -0.2) is 47.0 Å². The zero-order chi connectivity index (χ0) is 20.1. The zero-order valence-corrected chi connectivity index (χ0v) is 18.3. The van der Waals surface area contributed by atoms with E-state index in [1.807, 2.05) is 9.80 Å². The van der Waals surface area contributed by atoms with Gasteiger partial charge in [0.25, 0.3) is 0 Å². The molecule has 154 valence electrons. The van der Waals surface area contributed by atoms with Crippen molar-refractivity contribution < 1.29 is 9.59 Å². The Morgan fingerprint density at radius 1 is 1.11 bits per heavy atom. The van der Waals surface area contributed by atoms with Crippen molar-refractivity contribution in [1.82, 2.24) is 9.80 Å². The van der Waals surface area contributed by atoms with E-state index in [-0.39, 0.29) is 29.7 Å². The first-order valence-corrected chi connectivity index (χ1v) is 12.0. The Labute approximate surface area is 174 Å². The van der Waals surface area contributed by atoms with Crippen molar-refractivity contribution in [3.8, 4) is 0 Å². The fourth-order valence-electron chi connectivity index (χ4n) is 4.59. The molecule has 0 N–H and O–H groups in total. The van der Waals surface area contributed by atoms with Gasteiger partial charge in [-0.15, -0.1) is 11.8 Å². The third kappa shape index (κ3) is 4.91. The molecule has 28 heavy (non-hydrogen) atoms. The Bertz CT molecular complexity index is 685. The Hall–Kier alpha value is -1.49. The van der Waals surface area contributed by atoms with Gasteiger partial charge in [0, 0.05) is 42.4 Å². The molecule has 2 amide bonds. The van der Waals surface area contributed by atoms with Crippen LogP contribution in [0.5, 0.6) is 0 Å². The van der Waals surface area contributed by atoms with Crippen molar-refractivity contribution in [3.63, 3.8) is 0 Å². The fourth-order valence-corrected chi connectivity index (χ4v) is 5.07. The molecule has 1 heterocycles. The average Bonchev–Trinajstić information content (AvgIpc) is 3.26. The number of carbonyl (C=O) groups excluding carboxylic acids is 2. The van der Waals surface area contributed by atoms with Gasteiger partial charge in [0.15, 0.2) is 0 Å². The van der Waals surface area contributed by atoms with Crippen molar-refractivity contribution in [1.29, 1.82) is 0 Å². The molecule has 4 nitrogen and oxygen atoms in total. The number of hydrogen-bond donors (Lipinski definition) is 0. The summed E-state index contributed by atoms with van der Waals surface area (Å²) in [5, 5.41) is 0. The highest BCUT2D eigenvalue weighted by molar-refractivity contribution is 7.98. The van der Waals surface area contributed by atoms with E-state index in [1.165, 1.54) is 4.90 Å². The molecule has 1 aromatic carbocycles. The molecule has 0 radical (unpaired) electrons. The molecule has 0 spiro atoms. The van der Waals surface area contributed by atoms with Gasteiger partial charge in [-0.05, 0) is 63.5 Å². The summed E-state index contributed by atoms with van der Waals surface area (Å²) < 4.78 is 0. The van der Waals surface area contributed by atoms with E-state index in [4.69, 9.17) is 0 Å². The first-order chi connectivity index (χ1) is 13.5. The molecule has 1 aromatic rings. The maximum atomic E-state index is 13.6. The summed E-state index contributed by atoms with van der Waals surface area (Å²) >= 11 is 1.72. The van der Waals surface area contributed by atoms with E-state index in [1.54, 1.807) is 11.8 Å².